The molecule has 12 heavy (non-hydrogen) atoms. The Balaban J connectivity index is 2.60. The molecule has 0 aliphatic heterocycles. The van der Waals surface area contributed by atoms with Gasteiger partial charge in [0.2, 0.25) is 0 Å². The third-order valence-electron chi connectivity index (χ3n) is 1.69. The maximum absolute atomic E-state index is 8.58. The molecule has 0 fully saturated rings. The van der Waals surface area contributed by atoms with E-state index >= 15 is 0 Å². The van der Waals surface area contributed by atoms with Crippen LogP contribution in [0.3, 0.4) is 0 Å². The fourth-order valence-corrected chi connectivity index (χ4v) is 1.02. The second-order valence-corrected chi connectivity index (χ2v) is 2.61. The molecule has 0 unspecified atom stereocenters. The average molecular weight is 161 g/mol. The quantitative estimate of drug-likeness (QED) is 0.675. The lowest BCUT2D eigenvalue weighted by molar-refractivity contribution is 0.288. The van der Waals surface area contributed by atoms with Gasteiger partial charge in [-0.3, -0.25) is 0 Å². The van der Waals surface area contributed by atoms with Crippen molar-refractivity contribution in [2.24, 2.45) is 0 Å². The molecule has 0 spiro atoms. The number of rotatable bonds is 3. The highest BCUT2D eigenvalue weighted by atomic mass is 16.2. The summed E-state index contributed by atoms with van der Waals surface area (Å²) >= 11 is 0. The van der Waals surface area contributed by atoms with E-state index in [0.717, 1.165) is 12.8 Å². The minimum atomic E-state index is 0.227. The zero-order valence-corrected chi connectivity index (χ0v) is 6.83. The van der Waals surface area contributed by atoms with Gasteiger partial charge < -0.3 is 5.11 Å². The van der Waals surface area contributed by atoms with Crippen molar-refractivity contribution < 1.29 is 5.11 Å². The van der Waals surface area contributed by atoms with Crippen molar-refractivity contribution in [3.63, 3.8) is 0 Å². The molecule has 0 aromatic heterocycles. The smallest absolute Gasteiger partial charge is 0.187 e. The molecule has 62 valence electrons. The van der Waals surface area contributed by atoms with Crippen LogP contribution in [0.25, 0.3) is 4.85 Å². The molecular weight excluding hydrogens is 150 g/mol. The van der Waals surface area contributed by atoms with Gasteiger partial charge in [0.05, 0.1) is 6.57 Å². The maximum atomic E-state index is 8.58. The number of aliphatic hydroxyl groups is 1. The Morgan fingerprint density at radius 3 is 2.42 bits per heavy atom. The lowest BCUT2D eigenvalue weighted by atomic mass is 10.1. The lowest BCUT2D eigenvalue weighted by Gasteiger charge is -1.98. The first kappa shape index (κ1) is 8.76. The van der Waals surface area contributed by atoms with Crippen molar-refractivity contribution >= 4 is 5.69 Å². The van der Waals surface area contributed by atoms with Crippen LogP contribution in [0.1, 0.15) is 12.0 Å². The Kier molecular flexibility index (Phi) is 3.31. The van der Waals surface area contributed by atoms with Gasteiger partial charge in [-0.05, 0) is 12.8 Å². The monoisotopic (exact) mass is 161 g/mol. The Labute approximate surface area is 72.3 Å². The highest BCUT2D eigenvalue weighted by molar-refractivity contribution is 5.45. The van der Waals surface area contributed by atoms with E-state index in [9.17, 15) is 0 Å². The Morgan fingerprint density at radius 1 is 1.25 bits per heavy atom. The maximum Gasteiger partial charge on any atom is 0.187 e. The summed E-state index contributed by atoms with van der Waals surface area (Å²) in [5, 5.41) is 8.58. The van der Waals surface area contributed by atoms with E-state index in [1.54, 1.807) is 12.1 Å². The van der Waals surface area contributed by atoms with E-state index < -0.39 is 0 Å². The normalized spacial score (nSPS) is 9.33. The Bertz CT molecular complexity index is 271. The van der Waals surface area contributed by atoms with Crippen molar-refractivity contribution in [2.75, 3.05) is 6.61 Å². The second-order valence-electron chi connectivity index (χ2n) is 2.61. The van der Waals surface area contributed by atoms with Crippen LogP contribution in [0.5, 0.6) is 0 Å². The van der Waals surface area contributed by atoms with Gasteiger partial charge in [-0.2, -0.15) is 0 Å². The Hall–Kier alpha value is -1.33. The summed E-state index contributed by atoms with van der Waals surface area (Å²) in [6.45, 7) is 6.96. The average Bonchev–Trinajstić information content (AvgIpc) is 2.15. The molecule has 0 aliphatic carbocycles. The van der Waals surface area contributed by atoms with E-state index in [4.69, 9.17) is 11.7 Å². The van der Waals surface area contributed by atoms with E-state index in [1.165, 1.54) is 5.56 Å². The molecule has 0 atom stereocenters. The molecule has 1 aromatic carbocycles. The number of hydrogen-bond acceptors (Lipinski definition) is 1. The molecule has 0 amide bonds. The van der Waals surface area contributed by atoms with Gasteiger partial charge >= 0.3 is 0 Å². The predicted molar refractivity (Wildman–Crippen MR) is 48.1 cm³/mol. The third-order valence-corrected chi connectivity index (χ3v) is 1.69. The number of nitrogens with zero attached hydrogens (tertiary/aromatic N) is 1. The molecule has 1 N–H and O–H groups in total. The van der Waals surface area contributed by atoms with Crippen molar-refractivity contribution in [3.8, 4) is 0 Å². The third kappa shape index (κ3) is 2.37. The number of aryl methyl sites for hydroxylation is 1. The van der Waals surface area contributed by atoms with Crippen molar-refractivity contribution in [3.05, 3.63) is 41.2 Å². The van der Waals surface area contributed by atoms with Crippen LogP contribution < -0.4 is 0 Å². The van der Waals surface area contributed by atoms with Gasteiger partial charge in [0.15, 0.2) is 5.69 Å². The van der Waals surface area contributed by atoms with Gasteiger partial charge in [-0.25, -0.2) is 4.85 Å². The highest BCUT2D eigenvalue weighted by Gasteiger charge is 1.92. The zero-order chi connectivity index (χ0) is 8.81. The van der Waals surface area contributed by atoms with Crippen LogP contribution in [0.4, 0.5) is 5.69 Å². The molecule has 0 saturated carbocycles. The predicted octanol–water partition coefficient (Wildman–Crippen LogP) is 2.16. The molecule has 0 radical (unpaired) electrons. The summed E-state index contributed by atoms with van der Waals surface area (Å²) in [5.74, 6) is 0. The minimum absolute atomic E-state index is 0.227. The summed E-state index contributed by atoms with van der Waals surface area (Å²) in [7, 11) is 0. The molecule has 0 heterocycles. The highest BCUT2D eigenvalue weighted by Crippen LogP contribution is 2.13. The fraction of sp³-hybridized carbons (Fsp3) is 0.300. The minimum Gasteiger partial charge on any atom is -0.396 e. The summed E-state index contributed by atoms with van der Waals surface area (Å²) < 4.78 is 0. The number of benzene rings is 1. The van der Waals surface area contributed by atoms with Crippen LogP contribution in [-0.2, 0) is 6.42 Å². The van der Waals surface area contributed by atoms with Gasteiger partial charge in [-0.15, -0.1) is 0 Å². The van der Waals surface area contributed by atoms with Gasteiger partial charge in [-0.1, -0.05) is 29.8 Å². The van der Waals surface area contributed by atoms with Crippen molar-refractivity contribution in [2.45, 2.75) is 12.8 Å². The summed E-state index contributed by atoms with van der Waals surface area (Å²) in [5.41, 5.74) is 1.85. The van der Waals surface area contributed by atoms with Gasteiger partial charge in [0.1, 0.15) is 0 Å². The molecule has 0 saturated heterocycles. The molecule has 1 aromatic rings. The number of aliphatic hydroxyl groups excluding tert-OH is 1. The first-order valence-corrected chi connectivity index (χ1v) is 3.94. The van der Waals surface area contributed by atoms with Crippen LogP contribution in [0.2, 0.25) is 0 Å². The molecule has 2 heteroatoms. The second kappa shape index (κ2) is 4.53. The van der Waals surface area contributed by atoms with E-state index in [1.807, 2.05) is 12.1 Å². The molecule has 2 nitrogen and oxygen atoms in total. The van der Waals surface area contributed by atoms with Gasteiger partial charge in [0.25, 0.3) is 0 Å². The molecule has 1 rings (SSSR count). The van der Waals surface area contributed by atoms with E-state index in [-0.39, 0.29) is 6.61 Å². The van der Waals surface area contributed by atoms with Crippen molar-refractivity contribution in [1.29, 1.82) is 0 Å². The lowest BCUT2D eigenvalue weighted by Crippen LogP contribution is -1.87. The molecule has 0 bridgehead atoms. The molecule has 0 aliphatic rings. The van der Waals surface area contributed by atoms with Crippen LogP contribution in [0.15, 0.2) is 24.3 Å². The van der Waals surface area contributed by atoms with Gasteiger partial charge in [0, 0.05) is 6.61 Å². The van der Waals surface area contributed by atoms with E-state index in [2.05, 4.69) is 4.85 Å². The molecular formula is C10H11NO. The summed E-state index contributed by atoms with van der Waals surface area (Å²) in [6, 6.07) is 7.48. The zero-order valence-electron chi connectivity index (χ0n) is 6.83. The largest absolute Gasteiger partial charge is 0.396 e. The topological polar surface area (TPSA) is 24.6 Å². The standard InChI is InChI=1S/C10H11NO/c1-11-10-6-4-9(5-7-10)3-2-8-12/h4-7,12H,2-3,8H2. The van der Waals surface area contributed by atoms with Crippen LogP contribution in [-0.4, -0.2) is 11.7 Å². The fourth-order valence-electron chi connectivity index (χ4n) is 1.02. The first-order valence-electron chi connectivity index (χ1n) is 3.94. The van der Waals surface area contributed by atoms with Crippen molar-refractivity contribution in [1.82, 2.24) is 0 Å². The summed E-state index contributed by atoms with van der Waals surface area (Å²) in [6.07, 6.45) is 1.67. The van der Waals surface area contributed by atoms with E-state index in [0.29, 0.717) is 5.69 Å². The van der Waals surface area contributed by atoms with Crippen LogP contribution in [0, 0.1) is 6.57 Å². The first-order chi connectivity index (χ1) is 5.86. The Morgan fingerprint density at radius 2 is 1.92 bits per heavy atom. The SMILES string of the molecule is [C-]#[N+]c1ccc(CCCO)cc1. The number of hydrogen-bond donors (Lipinski definition) is 1. The van der Waals surface area contributed by atoms with Crippen LogP contribution >= 0.6 is 0 Å². The summed E-state index contributed by atoms with van der Waals surface area (Å²) in [4.78, 5) is 3.29.